The zero-order valence-corrected chi connectivity index (χ0v) is 10.00. The van der Waals surface area contributed by atoms with E-state index >= 15 is 0 Å². The van der Waals surface area contributed by atoms with E-state index in [4.69, 9.17) is 10.5 Å². The molecule has 0 aliphatic rings. The molecule has 0 atom stereocenters. The van der Waals surface area contributed by atoms with E-state index in [1.54, 1.807) is 6.07 Å². The minimum absolute atomic E-state index is 0.0353. The van der Waals surface area contributed by atoms with Gasteiger partial charge in [-0.15, -0.1) is 0 Å². The van der Waals surface area contributed by atoms with Crippen molar-refractivity contribution in [2.75, 3.05) is 13.2 Å². The molecule has 1 rings (SSSR count). The topological polar surface area (TPSA) is 61.6 Å². The van der Waals surface area contributed by atoms with Crippen molar-refractivity contribution >= 4 is 22.0 Å². The number of nitrogens with two attached hydrogens (primary N) is 1. The molecule has 0 unspecified atom stereocenters. The van der Waals surface area contributed by atoms with Crippen LogP contribution in [-0.4, -0.2) is 19.3 Å². The Balaban J connectivity index is 2.51. The van der Waals surface area contributed by atoms with Crippen LogP contribution in [0.15, 0.2) is 18.2 Å². The Kier molecular flexibility index (Phi) is 5.04. The fourth-order valence-electron chi connectivity index (χ4n) is 1.07. The van der Waals surface area contributed by atoms with Gasteiger partial charge < -0.3 is 15.2 Å². The molecule has 0 aromatic heterocycles. The molecule has 0 saturated carbocycles. The number of alkyl halides is 1. The maximum absolute atomic E-state index is 12.9. The molecular formula is C10H11BrFNO3. The molecule has 2 N–H and O–H groups in total. The number of carbonyl (C=O) groups excluding carboxylic acids is 1. The van der Waals surface area contributed by atoms with E-state index < -0.39 is 6.09 Å². The average Bonchev–Trinajstić information content (AvgIpc) is 2.24. The van der Waals surface area contributed by atoms with Gasteiger partial charge in [0.05, 0.1) is 0 Å². The lowest BCUT2D eigenvalue weighted by Crippen LogP contribution is -2.17. The zero-order valence-electron chi connectivity index (χ0n) is 8.41. The summed E-state index contributed by atoms with van der Waals surface area (Å²) in [5, 5.41) is 0.555. The molecule has 6 heteroatoms. The third-order valence-corrected chi connectivity index (χ3v) is 2.36. The highest BCUT2D eigenvalue weighted by molar-refractivity contribution is 9.08. The second kappa shape index (κ2) is 6.32. The summed E-state index contributed by atoms with van der Waals surface area (Å²) in [5.74, 6) is 0.0421. The summed E-state index contributed by atoms with van der Waals surface area (Å²) in [4.78, 5) is 10.3. The van der Waals surface area contributed by atoms with Gasteiger partial charge in [0, 0.05) is 17.0 Å². The molecular weight excluding hydrogens is 281 g/mol. The van der Waals surface area contributed by atoms with Gasteiger partial charge in [-0.05, 0) is 6.07 Å². The van der Waals surface area contributed by atoms with Crippen molar-refractivity contribution in [3.8, 4) is 5.75 Å². The lowest BCUT2D eigenvalue weighted by molar-refractivity contribution is 0.133. The number of benzene rings is 1. The number of carbonyl (C=O) groups is 1. The monoisotopic (exact) mass is 291 g/mol. The Bertz CT molecular complexity index is 373. The van der Waals surface area contributed by atoms with Crippen molar-refractivity contribution in [1.82, 2.24) is 0 Å². The third kappa shape index (κ3) is 4.06. The zero-order chi connectivity index (χ0) is 12.0. The van der Waals surface area contributed by atoms with E-state index in [1.807, 2.05) is 0 Å². The predicted molar refractivity (Wildman–Crippen MR) is 60.1 cm³/mol. The van der Waals surface area contributed by atoms with E-state index in [1.165, 1.54) is 12.1 Å². The van der Waals surface area contributed by atoms with Gasteiger partial charge in [0.15, 0.2) is 0 Å². The summed E-state index contributed by atoms with van der Waals surface area (Å²) < 4.78 is 22.7. The molecule has 0 heterocycles. The highest BCUT2D eigenvalue weighted by atomic mass is 79.9. The molecule has 0 aliphatic heterocycles. The standard InChI is InChI=1S/C10H11BrFNO3/c11-6-7-1-2-8(12)5-9(7)15-3-4-16-10(13)14/h1-2,5H,3-4,6H2,(H2,13,14). The number of rotatable bonds is 5. The largest absolute Gasteiger partial charge is 0.490 e. The summed E-state index contributed by atoms with van der Waals surface area (Å²) in [6, 6.07) is 4.25. The third-order valence-electron chi connectivity index (χ3n) is 1.76. The molecule has 0 saturated heterocycles. The van der Waals surface area contributed by atoms with Crippen LogP contribution in [-0.2, 0) is 10.1 Å². The van der Waals surface area contributed by atoms with Gasteiger partial charge in [-0.25, -0.2) is 9.18 Å². The van der Waals surface area contributed by atoms with Gasteiger partial charge in [0.2, 0.25) is 0 Å². The first kappa shape index (κ1) is 12.8. The number of hydrogen-bond acceptors (Lipinski definition) is 3. The van der Waals surface area contributed by atoms with Crippen LogP contribution < -0.4 is 10.5 Å². The van der Waals surface area contributed by atoms with Gasteiger partial charge in [-0.2, -0.15) is 0 Å². The normalized spacial score (nSPS) is 9.88. The fraction of sp³-hybridized carbons (Fsp3) is 0.300. The van der Waals surface area contributed by atoms with Crippen molar-refractivity contribution in [1.29, 1.82) is 0 Å². The molecule has 88 valence electrons. The number of ether oxygens (including phenoxy) is 2. The maximum atomic E-state index is 12.9. The van der Waals surface area contributed by atoms with Crippen LogP contribution in [0.25, 0.3) is 0 Å². The lowest BCUT2D eigenvalue weighted by Gasteiger charge is -2.09. The van der Waals surface area contributed by atoms with Crippen molar-refractivity contribution < 1.29 is 18.7 Å². The quantitative estimate of drug-likeness (QED) is 0.668. The Morgan fingerprint density at radius 2 is 2.19 bits per heavy atom. The number of amides is 1. The summed E-state index contributed by atoms with van der Waals surface area (Å²) in [6.07, 6.45) is -0.858. The number of hydrogen-bond donors (Lipinski definition) is 1. The van der Waals surface area contributed by atoms with E-state index in [0.717, 1.165) is 5.56 Å². The van der Waals surface area contributed by atoms with Gasteiger partial charge >= 0.3 is 6.09 Å². The van der Waals surface area contributed by atoms with Crippen molar-refractivity contribution in [2.24, 2.45) is 5.73 Å². The van der Waals surface area contributed by atoms with Crippen LogP contribution >= 0.6 is 15.9 Å². The van der Waals surface area contributed by atoms with Crippen LogP contribution in [0.1, 0.15) is 5.56 Å². The van der Waals surface area contributed by atoms with Crippen LogP contribution in [0.3, 0.4) is 0 Å². The summed E-state index contributed by atoms with van der Waals surface area (Å²) in [7, 11) is 0. The summed E-state index contributed by atoms with van der Waals surface area (Å²) in [6.45, 7) is 0.167. The first-order valence-electron chi connectivity index (χ1n) is 4.53. The van der Waals surface area contributed by atoms with Gasteiger partial charge in [-0.1, -0.05) is 22.0 Å². The van der Waals surface area contributed by atoms with Crippen LogP contribution in [0.2, 0.25) is 0 Å². The molecule has 0 aliphatic carbocycles. The second-order valence-corrected chi connectivity index (χ2v) is 3.46. The summed E-state index contributed by atoms with van der Waals surface area (Å²) in [5.41, 5.74) is 5.59. The Morgan fingerprint density at radius 3 is 2.81 bits per heavy atom. The Hall–Kier alpha value is -1.30. The second-order valence-electron chi connectivity index (χ2n) is 2.90. The Morgan fingerprint density at radius 1 is 1.44 bits per heavy atom. The molecule has 4 nitrogen and oxygen atoms in total. The van der Waals surface area contributed by atoms with Crippen LogP contribution in [0.5, 0.6) is 5.75 Å². The van der Waals surface area contributed by atoms with E-state index in [0.29, 0.717) is 11.1 Å². The van der Waals surface area contributed by atoms with Crippen molar-refractivity contribution in [3.63, 3.8) is 0 Å². The van der Waals surface area contributed by atoms with Crippen molar-refractivity contribution in [3.05, 3.63) is 29.6 Å². The first-order chi connectivity index (χ1) is 7.63. The average molecular weight is 292 g/mol. The predicted octanol–water partition coefficient (Wildman–Crippen LogP) is 2.19. The highest BCUT2D eigenvalue weighted by Gasteiger charge is 2.04. The van der Waals surface area contributed by atoms with Crippen LogP contribution in [0.4, 0.5) is 9.18 Å². The molecule has 1 amide bonds. The van der Waals surface area contributed by atoms with E-state index in [2.05, 4.69) is 20.7 Å². The minimum Gasteiger partial charge on any atom is -0.490 e. The number of halogens is 2. The van der Waals surface area contributed by atoms with Gasteiger partial charge in [0.25, 0.3) is 0 Å². The van der Waals surface area contributed by atoms with E-state index in [-0.39, 0.29) is 19.0 Å². The Labute approximate surface area is 101 Å². The lowest BCUT2D eigenvalue weighted by atomic mass is 10.2. The molecule has 0 spiro atoms. The summed E-state index contributed by atoms with van der Waals surface area (Å²) >= 11 is 3.26. The van der Waals surface area contributed by atoms with Gasteiger partial charge in [0.1, 0.15) is 24.8 Å². The molecule has 16 heavy (non-hydrogen) atoms. The molecule has 0 radical (unpaired) electrons. The first-order valence-corrected chi connectivity index (χ1v) is 5.65. The highest BCUT2D eigenvalue weighted by Crippen LogP contribution is 2.22. The molecule has 1 aromatic rings. The maximum Gasteiger partial charge on any atom is 0.404 e. The fourth-order valence-corrected chi connectivity index (χ4v) is 1.53. The SMILES string of the molecule is NC(=O)OCCOc1cc(F)ccc1CBr. The van der Waals surface area contributed by atoms with Crippen LogP contribution in [0, 0.1) is 5.82 Å². The smallest absolute Gasteiger partial charge is 0.404 e. The molecule has 0 fully saturated rings. The van der Waals surface area contributed by atoms with E-state index in [9.17, 15) is 9.18 Å². The van der Waals surface area contributed by atoms with Crippen molar-refractivity contribution in [2.45, 2.75) is 5.33 Å². The van der Waals surface area contributed by atoms with Gasteiger partial charge in [-0.3, -0.25) is 0 Å². The molecule has 0 bridgehead atoms. The number of primary amides is 1. The minimum atomic E-state index is -0.858. The molecule has 1 aromatic carbocycles.